The van der Waals surface area contributed by atoms with Crippen LogP contribution in [0.25, 0.3) is 0 Å². The van der Waals surface area contributed by atoms with Crippen molar-refractivity contribution >= 4 is 12.1 Å². The predicted molar refractivity (Wildman–Crippen MR) is 108 cm³/mol. The maximum atomic E-state index is 13.0. The van der Waals surface area contributed by atoms with Crippen molar-refractivity contribution in [3.05, 3.63) is 0 Å². The lowest BCUT2D eigenvalue weighted by molar-refractivity contribution is -0.529. The molecule has 0 spiro atoms. The van der Waals surface area contributed by atoms with Crippen LogP contribution >= 0.6 is 0 Å². The van der Waals surface area contributed by atoms with Gasteiger partial charge in [-0.15, -0.1) is 0 Å². The quantitative estimate of drug-likeness (QED) is 0.702. The fraction of sp³-hybridized carbons (Fsp3) is 0.905. The minimum Gasteiger partial charge on any atom is -0.341 e. The second kappa shape index (κ2) is 8.58. The zero-order valence-corrected chi connectivity index (χ0v) is 17.0. The first kappa shape index (κ1) is 19.3. The average Bonchev–Trinajstić information content (AvgIpc) is 2.67. The van der Waals surface area contributed by atoms with Gasteiger partial charge in [-0.25, -0.2) is 4.58 Å². The highest BCUT2D eigenvalue weighted by Crippen LogP contribution is 2.29. The summed E-state index contributed by atoms with van der Waals surface area (Å²) >= 11 is 0. The molecule has 4 aliphatic heterocycles. The Morgan fingerprint density at radius 2 is 1.96 bits per heavy atom. The number of rotatable bonds is 4. The van der Waals surface area contributed by atoms with Crippen molar-refractivity contribution in [2.24, 2.45) is 17.6 Å². The summed E-state index contributed by atoms with van der Waals surface area (Å²) in [6.45, 7) is 9.57. The van der Waals surface area contributed by atoms with Crippen molar-refractivity contribution in [1.82, 2.24) is 15.1 Å². The highest BCUT2D eigenvalue weighted by atomic mass is 16.2. The molecule has 0 bridgehead atoms. The van der Waals surface area contributed by atoms with E-state index in [2.05, 4.69) is 32.8 Å². The lowest BCUT2D eigenvalue weighted by atomic mass is 9.77. The van der Waals surface area contributed by atoms with Gasteiger partial charge in [-0.2, -0.15) is 0 Å². The van der Waals surface area contributed by atoms with Crippen LogP contribution in [0.3, 0.4) is 0 Å². The van der Waals surface area contributed by atoms with E-state index in [0.717, 1.165) is 70.9 Å². The number of carbonyl (C=O) groups is 1. The Bertz CT molecular complexity index is 545. The number of nitrogens with two attached hydrogens (primary N) is 1. The van der Waals surface area contributed by atoms with Crippen LogP contribution in [0, 0.1) is 11.8 Å². The highest BCUT2D eigenvalue weighted by molar-refractivity contribution is 5.82. The standard InChI is InChI=1S/C21H38N5O/c1-2-24-11-8-18(19(22)15-24)16-4-5-20(23-14-16)21(27)26-12-6-17(7-13-26)25-9-3-10-25/h11,16-20,23H,2-10,12-15,22H2,1H3/q+1/t16?,18?,19?,20-/m1/s1. The number of hydrogen-bond acceptors (Lipinski definition) is 4. The first-order valence-electron chi connectivity index (χ1n) is 11.2. The molecular formula is C21H38N5O+. The molecule has 4 rings (SSSR count). The molecule has 1 amide bonds. The van der Waals surface area contributed by atoms with E-state index in [9.17, 15) is 4.79 Å². The van der Waals surface area contributed by atoms with Gasteiger partial charge in [0.15, 0.2) is 6.54 Å². The van der Waals surface area contributed by atoms with Crippen molar-refractivity contribution in [2.45, 2.75) is 63.6 Å². The van der Waals surface area contributed by atoms with Gasteiger partial charge in [0.05, 0.1) is 12.1 Å². The van der Waals surface area contributed by atoms with Crippen LogP contribution < -0.4 is 11.1 Å². The number of nitrogens with one attached hydrogen (secondary N) is 1. The summed E-state index contributed by atoms with van der Waals surface area (Å²) in [5.74, 6) is 1.51. The van der Waals surface area contributed by atoms with Gasteiger partial charge in [0.1, 0.15) is 12.8 Å². The van der Waals surface area contributed by atoms with E-state index in [1.165, 1.54) is 19.5 Å². The number of likely N-dealkylation sites (N-methyl/N-ethyl adjacent to an activating group) is 1. The Morgan fingerprint density at radius 1 is 1.19 bits per heavy atom. The Morgan fingerprint density at radius 3 is 2.52 bits per heavy atom. The van der Waals surface area contributed by atoms with Crippen LogP contribution in [-0.4, -0.2) is 90.4 Å². The lowest BCUT2D eigenvalue weighted by Crippen LogP contribution is -2.57. The van der Waals surface area contributed by atoms with E-state index < -0.39 is 0 Å². The third-order valence-electron chi connectivity index (χ3n) is 7.58. The minimum absolute atomic E-state index is 0.0257. The summed E-state index contributed by atoms with van der Waals surface area (Å²) < 4.78 is 2.34. The molecule has 0 aromatic rings. The maximum absolute atomic E-state index is 13.0. The Labute approximate surface area is 164 Å². The summed E-state index contributed by atoms with van der Waals surface area (Å²) in [5, 5.41) is 3.58. The molecule has 0 saturated carbocycles. The number of hydrogen-bond donors (Lipinski definition) is 2. The van der Waals surface area contributed by atoms with Gasteiger partial charge in [0.25, 0.3) is 0 Å². The summed E-state index contributed by atoms with van der Waals surface area (Å²) in [4.78, 5) is 17.7. The largest absolute Gasteiger partial charge is 0.341 e. The molecule has 27 heavy (non-hydrogen) atoms. The third-order valence-corrected chi connectivity index (χ3v) is 7.58. The monoisotopic (exact) mass is 376 g/mol. The lowest BCUT2D eigenvalue weighted by Gasteiger charge is -2.44. The normalized spacial score (nSPS) is 36.2. The van der Waals surface area contributed by atoms with Crippen LogP contribution in [0.5, 0.6) is 0 Å². The summed E-state index contributed by atoms with van der Waals surface area (Å²) in [6.07, 6.45) is 9.19. The molecule has 3 saturated heterocycles. The molecule has 6 heteroatoms. The second-order valence-electron chi connectivity index (χ2n) is 9.08. The highest BCUT2D eigenvalue weighted by Gasteiger charge is 2.38. The molecule has 4 heterocycles. The van der Waals surface area contributed by atoms with Gasteiger partial charge in [-0.3, -0.25) is 4.79 Å². The molecule has 4 atom stereocenters. The number of piperidine rings is 2. The van der Waals surface area contributed by atoms with Crippen molar-refractivity contribution in [3.63, 3.8) is 0 Å². The van der Waals surface area contributed by atoms with Crippen molar-refractivity contribution in [3.8, 4) is 0 Å². The molecule has 6 nitrogen and oxygen atoms in total. The van der Waals surface area contributed by atoms with Crippen molar-refractivity contribution < 1.29 is 9.37 Å². The fourth-order valence-corrected chi connectivity index (χ4v) is 5.56. The predicted octanol–water partition coefficient (Wildman–Crippen LogP) is 0.502. The van der Waals surface area contributed by atoms with Gasteiger partial charge < -0.3 is 20.9 Å². The molecule has 0 aromatic carbocycles. The van der Waals surface area contributed by atoms with Gasteiger partial charge in [-0.1, -0.05) is 0 Å². The van der Waals surface area contributed by atoms with Gasteiger partial charge >= 0.3 is 0 Å². The zero-order chi connectivity index (χ0) is 18.8. The van der Waals surface area contributed by atoms with E-state index >= 15 is 0 Å². The van der Waals surface area contributed by atoms with Gasteiger partial charge in [0, 0.05) is 25.6 Å². The first-order chi connectivity index (χ1) is 13.2. The SMILES string of the molecule is CC[N+]1=CCC(C2CC[C@H](C(=O)N3CCC(N4CCC4)CC3)NC2)C(N)C1. The molecule has 0 radical (unpaired) electrons. The second-order valence-corrected chi connectivity index (χ2v) is 9.08. The van der Waals surface area contributed by atoms with Crippen molar-refractivity contribution in [1.29, 1.82) is 0 Å². The Hall–Kier alpha value is -0.980. The fourth-order valence-electron chi connectivity index (χ4n) is 5.56. The van der Waals surface area contributed by atoms with E-state index in [1.54, 1.807) is 0 Å². The molecule has 152 valence electrons. The van der Waals surface area contributed by atoms with Crippen LogP contribution in [0.2, 0.25) is 0 Å². The summed E-state index contributed by atoms with van der Waals surface area (Å²) in [5.41, 5.74) is 6.47. The molecule has 3 unspecified atom stereocenters. The number of nitrogens with zero attached hydrogens (tertiary/aromatic N) is 3. The van der Waals surface area contributed by atoms with E-state index in [0.29, 0.717) is 17.7 Å². The first-order valence-corrected chi connectivity index (χ1v) is 11.2. The van der Waals surface area contributed by atoms with Crippen LogP contribution in [-0.2, 0) is 4.79 Å². The molecule has 3 fully saturated rings. The Kier molecular flexibility index (Phi) is 6.15. The minimum atomic E-state index is 0.0257. The molecular weight excluding hydrogens is 338 g/mol. The van der Waals surface area contributed by atoms with E-state index in [1.807, 2.05) is 0 Å². The van der Waals surface area contributed by atoms with Crippen LogP contribution in [0.1, 0.15) is 45.4 Å². The van der Waals surface area contributed by atoms with E-state index in [-0.39, 0.29) is 12.1 Å². The van der Waals surface area contributed by atoms with Crippen LogP contribution in [0.15, 0.2) is 0 Å². The maximum Gasteiger partial charge on any atom is 0.239 e. The molecule has 0 aliphatic carbocycles. The smallest absolute Gasteiger partial charge is 0.239 e. The van der Waals surface area contributed by atoms with Gasteiger partial charge in [-0.05, 0) is 70.5 Å². The summed E-state index contributed by atoms with van der Waals surface area (Å²) in [7, 11) is 0. The average molecular weight is 377 g/mol. The Balaban J connectivity index is 1.23. The number of carbonyl (C=O) groups excluding carboxylic acids is 1. The molecule has 3 N–H and O–H groups in total. The third kappa shape index (κ3) is 4.22. The molecule has 0 aromatic heterocycles. The van der Waals surface area contributed by atoms with Gasteiger partial charge in [0.2, 0.25) is 5.91 Å². The summed E-state index contributed by atoms with van der Waals surface area (Å²) in [6, 6.07) is 1.01. The van der Waals surface area contributed by atoms with E-state index in [4.69, 9.17) is 5.73 Å². The van der Waals surface area contributed by atoms with Crippen molar-refractivity contribution in [2.75, 3.05) is 45.8 Å². The zero-order valence-electron chi connectivity index (χ0n) is 17.0. The molecule has 4 aliphatic rings. The van der Waals surface area contributed by atoms with Crippen LogP contribution in [0.4, 0.5) is 0 Å². The topological polar surface area (TPSA) is 64.6 Å². The number of amides is 1. The number of likely N-dealkylation sites (tertiary alicyclic amines) is 2.